The predicted octanol–water partition coefficient (Wildman–Crippen LogP) is 0.292. The standard InChI is InChI=1S/C12H20N2O3/c1-9-10(15)13-12(5-3-4-6-12)11(16)14(9)7-8-17-2/h9H,3-8H2,1-2H3,(H,13,15). The molecular weight excluding hydrogens is 220 g/mol. The lowest BCUT2D eigenvalue weighted by molar-refractivity contribution is -0.154. The Morgan fingerprint density at radius 2 is 2.06 bits per heavy atom. The number of amides is 2. The molecule has 1 saturated heterocycles. The van der Waals surface area contributed by atoms with Crippen molar-refractivity contribution in [1.29, 1.82) is 0 Å². The summed E-state index contributed by atoms with van der Waals surface area (Å²) >= 11 is 0. The molecule has 2 aliphatic rings. The molecule has 1 heterocycles. The summed E-state index contributed by atoms with van der Waals surface area (Å²) in [7, 11) is 1.60. The Morgan fingerprint density at radius 1 is 1.41 bits per heavy atom. The van der Waals surface area contributed by atoms with Crippen molar-refractivity contribution in [2.75, 3.05) is 20.3 Å². The van der Waals surface area contributed by atoms with Gasteiger partial charge in [-0.3, -0.25) is 9.59 Å². The van der Waals surface area contributed by atoms with Crippen molar-refractivity contribution in [1.82, 2.24) is 10.2 Å². The number of rotatable bonds is 3. The van der Waals surface area contributed by atoms with Gasteiger partial charge in [0, 0.05) is 13.7 Å². The molecule has 0 bridgehead atoms. The molecule has 96 valence electrons. The Hall–Kier alpha value is -1.10. The first-order valence-electron chi connectivity index (χ1n) is 6.23. The van der Waals surface area contributed by atoms with E-state index in [0.29, 0.717) is 13.2 Å². The highest BCUT2D eigenvalue weighted by Crippen LogP contribution is 2.34. The monoisotopic (exact) mass is 240 g/mol. The Bertz CT molecular complexity index is 324. The normalized spacial score (nSPS) is 27.6. The average molecular weight is 240 g/mol. The summed E-state index contributed by atoms with van der Waals surface area (Å²) < 4.78 is 5.00. The van der Waals surface area contributed by atoms with Crippen LogP contribution in [0.25, 0.3) is 0 Å². The maximum atomic E-state index is 12.5. The van der Waals surface area contributed by atoms with Gasteiger partial charge in [0.25, 0.3) is 0 Å². The number of nitrogens with zero attached hydrogens (tertiary/aromatic N) is 1. The number of piperazine rings is 1. The van der Waals surface area contributed by atoms with Crippen LogP contribution in [0.2, 0.25) is 0 Å². The Balaban J connectivity index is 2.18. The highest BCUT2D eigenvalue weighted by Gasteiger charge is 2.50. The molecule has 0 aromatic carbocycles. The summed E-state index contributed by atoms with van der Waals surface area (Å²) in [6, 6.07) is -0.385. The first-order chi connectivity index (χ1) is 8.10. The first-order valence-corrected chi connectivity index (χ1v) is 6.23. The maximum absolute atomic E-state index is 12.5. The second-order valence-electron chi connectivity index (χ2n) is 4.95. The molecule has 2 amide bonds. The van der Waals surface area contributed by atoms with Crippen molar-refractivity contribution in [3.05, 3.63) is 0 Å². The van der Waals surface area contributed by atoms with E-state index in [2.05, 4.69) is 5.32 Å². The Kier molecular flexibility index (Phi) is 3.38. The SMILES string of the molecule is COCCN1C(=O)C2(CCCC2)NC(=O)C1C. The number of ether oxygens (including phenoxy) is 1. The zero-order chi connectivity index (χ0) is 12.5. The van der Waals surface area contributed by atoms with Gasteiger partial charge < -0.3 is 15.0 Å². The molecule has 0 aromatic rings. The third kappa shape index (κ3) is 2.04. The van der Waals surface area contributed by atoms with Crippen molar-refractivity contribution in [2.45, 2.75) is 44.2 Å². The van der Waals surface area contributed by atoms with Crippen molar-refractivity contribution < 1.29 is 14.3 Å². The van der Waals surface area contributed by atoms with Gasteiger partial charge in [0.1, 0.15) is 11.6 Å². The van der Waals surface area contributed by atoms with Gasteiger partial charge in [-0.05, 0) is 19.8 Å². The van der Waals surface area contributed by atoms with Gasteiger partial charge in [0.2, 0.25) is 11.8 Å². The molecular formula is C12H20N2O3. The summed E-state index contributed by atoms with van der Waals surface area (Å²) in [4.78, 5) is 26.1. The molecule has 0 radical (unpaired) electrons. The fourth-order valence-electron chi connectivity index (χ4n) is 2.79. The molecule has 1 unspecified atom stereocenters. The van der Waals surface area contributed by atoms with Gasteiger partial charge in [-0.15, -0.1) is 0 Å². The third-order valence-electron chi connectivity index (χ3n) is 3.87. The quantitative estimate of drug-likeness (QED) is 0.771. The summed E-state index contributed by atoms with van der Waals surface area (Å²) in [6.45, 7) is 2.73. The lowest BCUT2D eigenvalue weighted by Gasteiger charge is -2.43. The number of carbonyl (C=O) groups is 2. The van der Waals surface area contributed by atoms with Gasteiger partial charge in [-0.25, -0.2) is 0 Å². The second-order valence-corrected chi connectivity index (χ2v) is 4.95. The maximum Gasteiger partial charge on any atom is 0.249 e. The second kappa shape index (κ2) is 4.64. The van der Waals surface area contributed by atoms with Gasteiger partial charge in [-0.2, -0.15) is 0 Å². The number of carbonyl (C=O) groups excluding carboxylic acids is 2. The van der Waals surface area contributed by atoms with Crippen LogP contribution in [-0.2, 0) is 14.3 Å². The summed E-state index contributed by atoms with van der Waals surface area (Å²) in [5, 5.41) is 2.93. The fraction of sp³-hybridized carbons (Fsp3) is 0.833. The number of hydrogen-bond donors (Lipinski definition) is 1. The van der Waals surface area contributed by atoms with Crippen LogP contribution in [-0.4, -0.2) is 48.6 Å². The molecule has 2 rings (SSSR count). The number of hydrogen-bond acceptors (Lipinski definition) is 3. The molecule has 5 nitrogen and oxygen atoms in total. The Morgan fingerprint density at radius 3 is 2.65 bits per heavy atom. The molecule has 5 heteroatoms. The molecule has 1 aliphatic heterocycles. The lowest BCUT2D eigenvalue weighted by atomic mass is 9.91. The van der Waals surface area contributed by atoms with E-state index < -0.39 is 5.54 Å². The van der Waals surface area contributed by atoms with E-state index in [0.717, 1.165) is 25.7 Å². The van der Waals surface area contributed by atoms with E-state index in [1.54, 1.807) is 18.9 Å². The van der Waals surface area contributed by atoms with Gasteiger partial charge in [0.05, 0.1) is 6.61 Å². The summed E-state index contributed by atoms with van der Waals surface area (Å²) in [5.41, 5.74) is -0.614. The van der Waals surface area contributed by atoms with E-state index >= 15 is 0 Å². The number of methoxy groups -OCH3 is 1. The minimum Gasteiger partial charge on any atom is -0.383 e. The van der Waals surface area contributed by atoms with E-state index in [4.69, 9.17) is 4.74 Å². The molecule has 1 aliphatic carbocycles. The highest BCUT2D eigenvalue weighted by atomic mass is 16.5. The molecule has 0 aromatic heterocycles. The van der Waals surface area contributed by atoms with Gasteiger partial charge >= 0.3 is 0 Å². The van der Waals surface area contributed by atoms with Crippen LogP contribution in [0, 0.1) is 0 Å². The lowest BCUT2D eigenvalue weighted by Crippen LogP contribution is -2.69. The largest absolute Gasteiger partial charge is 0.383 e. The fourth-order valence-corrected chi connectivity index (χ4v) is 2.79. The topological polar surface area (TPSA) is 58.6 Å². The van der Waals surface area contributed by atoms with Crippen LogP contribution in [0.1, 0.15) is 32.6 Å². The van der Waals surface area contributed by atoms with Crippen LogP contribution >= 0.6 is 0 Å². The molecule has 1 saturated carbocycles. The minimum atomic E-state index is -0.614. The summed E-state index contributed by atoms with van der Waals surface area (Å²) in [6.07, 6.45) is 3.57. The first kappa shape index (κ1) is 12.4. The molecule has 1 N–H and O–H groups in total. The molecule has 2 fully saturated rings. The molecule has 1 spiro atoms. The summed E-state index contributed by atoms with van der Waals surface area (Å²) in [5.74, 6) is 0.0294. The van der Waals surface area contributed by atoms with E-state index in [1.165, 1.54) is 0 Å². The zero-order valence-corrected chi connectivity index (χ0v) is 10.5. The smallest absolute Gasteiger partial charge is 0.249 e. The van der Waals surface area contributed by atoms with E-state index in [-0.39, 0.29) is 17.9 Å². The highest BCUT2D eigenvalue weighted by molar-refractivity contribution is 5.99. The molecule has 1 atom stereocenters. The number of nitrogens with one attached hydrogen (secondary N) is 1. The van der Waals surface area contributed by atoms with Crippen molar-refractivity contribution in [3.8, 4) is 0 Å². The Labute approximate surface area is 101 Å². The van der Waals surface area contributed by atoms with Gasteiger partial charge in [0.15, 0.2) is 0 Å². The van der Waals surface area contributed by atoms with Crippen LogP contribution < -0.4 is 5.32 Å². The predicted molar refractivity (Wildman–Crippen MR) is 62.4 cm³/mol. The zero-order valence-electron chi connectivity index (χ0n) is 10.5. The van der Waals surface area contributed by atoms with Crippen molar-refractivity contribution in [2.24, 2.45) is 0 Å². The third-order valence-corrected chi connectivity index (χ3v) is 3.87. The van der Waals surface area contributed by atoms with Crippen molar-refractivity contribution in [3.63, 3.8) is 0 Å². The van der Waals surface area contributed by atoms with Crippen LogP contribution in [0.3, 0.4) is 0 Å². The van der Waals surface area contributed by atoms with Crippen molar-refractivity contribution >= 4 is 11.8 Å². The van der Waals surface area contributed by atoms with E-state index in [9.17, 15) is 9.59 Å². The van der Waals surface area contributed by atoms with Crippen LogP contribution in [0.5, 0.6) is 0 Å². The van der Waals surface area contributed by atoms with Gasteiger partial charge in [-0.1, -0.05) is 12.8 Å². The average Bonchev–Trinajstić information content (AvgIpc) is 2.76. The molecule has 17 heavy (non-hydrogen) atoms. The van der Waals surface area contributed by atoms with E-state index in [1.807, 2.05) is 0 Å². The van der Waals surface area contributed by atoms with Crippen LogP contribution in [0.4, 0.5) is 0 Å². The minimum absolute atomic E-state index is 0.0393. The van der Waals surface area contributed by atoms with Crippen LogP contribution in [0.15, 0.2) is 0 Å².